The molecule has 0 aliphatic heterocycles. The van der Waals surface area contributed by atoms with Gasteiger partial charge in [0, 0.05) is 18.9 Å². The number of hydrogen-bond donors (Lipinski definition) is 1. The standard InChI is InChI=1S/C15H14BrN3O/c1-17-10-7-8-19-12(9-10)14(16)18-15(19)11-5-3-4-6-13(11)20-2/h3-9,17H,1-2H3. The predicted octanol–water partition coefficient (Wildman–Crippen LogP) is 3.81. The van der Waals surface area contributed by atoms with Crippen molar-refractivity contribution in [3.05, 3.63) is 47.2 Å². The molecule has 1 N–H and O–H groups in total. The normalized spacial score (nSPS) is 10.8. The zero-order chi connectivity index (χ0) is 14.1. The fourth-order valence-corrected chi connectivity index (χ4v) is 2.70. The number of fused-ring (bicyclic) bond motifs is 1. The van der Waals surface area contributed by atoms with E-state index in [2.05, 4.69) is 32.3 Å². The molecule has 0 fully saturated rings. The molecular formula is C15H14BrN3O. The van der Waals surface area contributed by atoms with E-state index >= 15 is 0 Å². The highest BCUT2D eigenvalue weighted by atomic mass is 79.9. The fraction of sp³-hybridized carbons (Fsp3) is 0.133. The van der Waals surface area contributed by atoms with Crippen LogP contribution in [0.15, 0.2) is 47.2 Å². The van der Waals surface area contributed by atoms with Crippen molar-refractivity contribution in [1.29, 1.82) is 0 Å². The second-order valence-electron chi connectivity index (χ2n) is 4.35. The molecule has 1 aromatic carbocycles. The minimum Gasteiger partial charge on any atom is -0.496 e. The van der Waals surface area contributed by atoms with Crippen LogP contribution in [-0.4, -0.2) is 23.5 Å². The molecular weight excluding hydrogens is 318 g/mol. The van der Waals surface area contributed by atoms with Crippen LogP contribution in [0.1, 0.15) is 0 Å². The van der Waals surface area contributed by atoms with E-state index in [1.807, 2.05) is 48.0 Å². The van der Waals surface area contributed by atoms with Crippen molar-refractivity contribution >= 4 is 27.1 Å². The van der Waals surface area contributed by atoms with Gasteiger partial charge >= 0.3 is 0 Å². The number of para-hydroxylation sites is 1. The van der Waals surface area contributed by atoms with Gasteiger partial charge in [-0.3, -0.25) is 4.40 Å². The summed E-state index contributed by atoms with van der Waals surface area (Å²) in [5.74, 6) is 1.66. The first-order valence-corrected chi connectivity index (χ1v) is 7.02. The molecule has 0 aliphatic rings. The highest BCUT2D eigenvalue weighted by Crippen LogP contribution is 2.32. The minimum absolute atomic E-state index is 0.810. The zero-order valence-electron chi connectivity index (χ0n) is 11.2. The van der Waals surface area contributed by atoms with Crippen molar-refractivity contribution in [3.8, 4) is 17.1 Å². The molecule has 20 heavy (non-hydrogen) atoms. The van der Waals surface area contributed by atoms with Crippen molar-refractivity contribution in [2.24, 2.45) is 0 Å². The number of methoxy groups -OCH3 is 1. The van der Waals surface area contributed by atoms with E-state index in [4.69, 9.17) is 4.74 Å². The molecule has 0 bridgehead atoms. The third-order valence-electron chi connectivity index (χ3n) is 3.24. The number of nitrogens with one attached hydrogen (secondary N) is 1. The Morgan fingerprint density at radius 3 is 2.80 bits per heavy atom. The lowest BCUT2D eigenvalue weighted by Crippen LogP contribution is -1.94. The van der Waals surface area contributed by atoms with Gasteiger partial charge in [0.1, 0.15) is 16.2 Å². The van der Waals surface area contributed by atoms with E-state index < -0.39 is 0 Å². The number of hydrogen-bond acceptors (Lipinski definition) is 3. The lowest BCUT2D eigenvalue weighted by molar-refractivity contribution is 0.416. The van der Waals surface area contributed by atoms with Gasteiger partial charge in [0.05, 0.1) is 18.2 Å². The average molecular weight is 332 g/mol. The molecule has 5 heteroatoms. The van der Waals surface area contributed by atoms with Gasteiger partial charge in [-0.2, -0.15) is 0 Å². The van der Waals surface area contributed by atoms with Crippen LogP contribution in [0.4, 0.5) is 5.69 Å². The highest BCUT2D eigenvalue weighted by molar-refractivity contribution is 9.10. The number of rotatable bonds is 3. The lowest BCUT2D eigenvalue weighted by atomic mass is 10.2. The molecule has 2 heterocycles. The van der Waals surface area contributed by atoms with E-state index in [-0.39, 0.29) is 0 Å². The Bertz CT molecular complexity index is 767. The molecule has 102 valence electrons. The van der Waals surface area contributed by atoms with Gasteiger partial charge in [-0.1, -0.05) is 12.1 Å². The number of nitrogens with zero attached hydrogens (tertiary/aromatic N) is 2. The summed E-state index contributed by atoms with van der Waals surface area (Å²) in [4.78, 5) is 4.62. The summed E-state index contributed by atoms with van der Waals surface area (Å²) in [6.45, 7) is 0. The highest BCUT2D eigenvalue weighted by Gasteiger charge is 2.14. The molecule has 3 aromatic rings. The average Bonchev–Trinajstić information content (AvgIpc) is 2.83. The van der Waals surface area contributed by atoms with Crippen molar-refractivity contribution in [2.45, 2.75) is 0 Å². The first-order valence-electron chi connectivity index (χ1n) is 6.23. The Balaban J connectivity index is 2.27. The lowest BCUT2D eigenvalue weighted by Gasteiger charge is -2.07. The predicted molar refractivity (Wildman–Crippen MR) is 84.4 cm³/mol. The molecule has 4 nitrogen and oxygen atoms in total. The van der Waals surface area contributed by atoms with Gasteiger partial charge in [-0.15, -0.1) is 0 Å². The van der Waals surface area contributed by atoms with Crippen LogP contribution >= 0.6 is 15.9 Å². The first kappa shape index (κ1) is 13.0. The van der Waals surface area contributed by atoms with Crippen molar-refractivity contribution in [3.63, 3.8) is 0 Å². The maximum Gasteiger partial charge on any atom is 0.149 e. The quantitative estimate of drug-likeness (QED) is 0.793. The number of imidazole rings is 1. The SMILES string of the molecule is CNc1ccn2c(-c3ccccc3OC)nc(Br)c2c1. The summed E-state index contributed by atoms with van der Waals surface area (Å²) < 4.78 is 8.28. The van der Waals surface area contributed by atoms with Crippen LogP contribution in [0, 0.1) is 0 Å². The topological polar surface area (TPSA) is 38.6 Å². The van der Waals surface area contributed by atoms with Crippen molar-refractivity contribution in [2.75, 3.05) is 19.5 Å². The van der Waals surface area contributed by atoms with Crippen LogP contribution in [0.25, 0.3) is 16.9 Å². The minimum atomic E-state index is 0.810. The Kier molecular flexibility index (Phi) is 3.36. The second kappa shape index (κ2) is 5.17. The number of ether oxygens (including phenoxy) is 1. The summed E-state index contributed by atoms with van der Waals surface area (Å²) in [5.41, 5.74) is 3.02. The van der Waals surface area contributed by atoms with Gasteiger partial charge in [0.15, 0.2) is 0 Å². The summed E-state index contributed by atoms with van der Waals surface area (Å²) in [6.07, 6.45) is 2.00. The van der Waals surface area contributed by atoms with Crippen LogP contribution < -0.4 is 10.1 Å². The molecule has 0 radical (unpaired) electrons. The zero-order valence-corrected chi connectivity index (χ0v) is 12.8. The largest absolute Gasteiger partial charge is 0.496 e. The summed E-state index contributed by atoms with van der Waals surface area (Å²) in [7, 11) is 3.57. The van der Waals surface area contributed by atoms with Crippen LogP contribution in [-0.2, 0) is 0 Å². The van der Waals surface area contributed by atoms with Crippen molar-refractivity contribution in [1.82, 2.24) is 9.38 Å². The maximum atomic E-state index is 5.42. The monoisotopic (exact) mass is 331 g/mol. The van der Waals surface area contributed by atoms with Gasteiger partial charge in [0.25, 0.3) is 0 Å². The van der Waals surface area contributed by atoms with Gasteiger partial charge < -0.3 is 10.1 Å². The third-order valence-corrected chi connectivity index (χ3v) is 3.82. The molecule has 2 aromatic heterocycles. The van der Waals surface area contributed by atoms with Crippen LogP contribution in [0.5, 0.6) is 5.75 Å². The Morgan fingerprint density at radius 1 is 1.25 bits per heavy atom. The Labute approximate surface area is 125 Å². The third kappa shape index (κ3) is 2.04. The molecule has 0 amide bonds. The molecule has 0 atom stereocenters. The molecule has 0 saturated heterocycles. The Hall–Kier alpha value is -2.01. The van der Waals surface area contributed by atoms with E-state index in [1.165, 1.54) is 0 Å². The molecule has 3 rings (SSSR count). The van der Waals surface area contributed by atoms with Gasteiger partial charge in [-0.05, 0) is 40.2 Å². The summed E-state index contributed by atoms with van der Waals surface area (Å²) in [6, 6.07) is 11.9. The molecule has 0 aliphatic carbocycles. The van der Waals surface area contributed by atoms with E-state index in [0.29, 0.717) is 0 Å². The van der Waals surface area contributed by atoms with Gasteiger partial charge in [0.2, 0.25) is 0 Å². The van der Waals surface area contributed by atoms with E-state index in [1.54, 1.807) is 7.11 Å². The number of pyridine rings is 1. The summed E-state index contributed by atoms with van der Waals surface area (Å²) in [5, 5.41) is 3.13. The summed E-state index contributed by atoms with van der Waals surface area (Å²) >= 11 is 3.52. The van der Waals surface area contributed by atoms with E-state index in [0.717, 1.165) is 32.9 Å². The fourth-order valence-electron chi connectivity index (χ4n) is 2.22. The maximum absolute atomic E-state index is 5.42. The number of halogens is 1. The first-order chi connectivity index (χ1) is 9.74. The second-order valence-corrected chi connectivity index (χ2v) is 5.10. The Morgan fingerprint density at radius 2 is 2.05 bits per heavy atom. The number of aromatic nitrogens is 2. The molecule has 0 saturated carbocycles. The van der Waals surface area contributed by atoms with E-state index in [9.17, 15) is 0 Å². The molecule has 0 unspecified atom stereocenters. The van der Waals surface area contributed by atoms with Crippen molar-refractivity contribution < 1.29 is 4.74 Å². The number of anilines is 1. The smallest absolute Gasteiger partial charge is 0.149 e. The van der Waals surface area contributed by atoms with Gasteiger partial charge in [-0.25, -0.2) is 4.98 Å². The van der Waals surface area contributed by atoms with Crippen LogP contribution in [0.3, 0.4) is 0 Å². The molecule has 0 spiro atoms. The van der Waals surface area contributed by atoms with Crippen LogP contribution in [0.2, 0.25) is 0 Å². The number of benzene rings is 1.